The molecule has 0 aromatic heterocycles. The number of carboxylic acid groups (broad SMARTS) is 1. The predicted molar refractivity (Wildman–Crippen MR) is 86.6 cm³/mol. The predicted octanol–water partition coefficient (Wildman–Crippen LogP) is 3.76. The van der Waals surface area contributed by atoms with Gasteiger partial charge in [0.15, 0.2) is 5.78 Å². The second kappa shape index (κ2) is 6.20. The zero-order chi connectivity index (χ0) is 17.2. The summed E-state index contributed by atoms with van der Waals surface area (Å²) in [4.78, 5) is 23.3. The molecule has 3 N–H and O–H groups in total. The van der Waals surface area contributed by atoms with Gasteiger partial charge in [-0.2, -0.15) is 0 Å². The molecule has 120 valence electrons. The molecule has 0 spiro atoms. The second-order valence-corrected chi connectivity index (χ2v) is 6.10. The lowest BCUT2D eigenvalue weighted by Gasteiger charge is -2.17. The first-order valence-corrected chi connectivity index (χ1v) is 7.13. The SMILES string of the molecule is CC(C)(CC(=O)c1ccc(-c2ccc(N)c(F)c2)cc1)C(=O)O. The maximum atomic E-state index is 13.5. The van der Waals surface area contributed by atoms with Crippen LogP contribution in [0.4, 0.5) is 10.1 Å². The van der Waals surface area contributed by atoms with Gasteiger partial charge in [-0.25, -0.2) is 4.39 Å². The monoisotopic (exact) mass is 315 g/mol. The number of nitrogen functional groups attached to an aromatic ring is 1. The molecule has 0 heterocycles. The first-order valence-electron chi connectivity index (χ1n) is 7.13. The van der Waals surface area contributed by atoms with E-state index >= 15 is 0 Å². The molecule has 0 bridgehead atoms. The third kappa shape index (κ3) is 3.74. The average Bonchev–Trinajstić information content (AvgIpc) is 2.49. The number of carboxylic acids is 1. The number of Topliss-reactive ketones (excluding diaryl/α,β-unsaturated/α-hetero) is 1. The molecule has 0 saturated heterocycles. The number of benzene rings is 2. The maximum Gasteiger partial charge on any atom is 0.309 e. The number of carbonyl (C=O) groups excluding carboxylic acids is 1. The van der Waals surface area contributed by atoms with Crippen molar-refractivity contribution in [2.75, 3.05) is 5.73 Å². The van der Waals surface area contributed by atoms with E-state index in [1.165, 1.54) is 26.0 Å². The molecule has 2 aromatic rings. The summed E-state index contributed by atoms with van der Waals surface area (Å²) in [5.41, 5.74) is 6.24. The molecule has 2 rings (SSSR count). The summed E-state index contributed by atoms with van der Waals surface area (Å²) in [5.74, 6) is -1.75. The quantitative estimate of drug-likeness (QED) is 0.650. The molecule has 5 heteroatoms. The fraction of sp³-hybridized carbons (Fsp3) is 0.222. The Labute approximate surface area is 133 Å². The fourth-order valence-corrected chi connectivity index (χ4v) is 2.13. The van der Waals surface area contributed by atoms with Gasteiger partial charge >= 0.3 is 5.97 Å². The van der Waals surface area contributed by atoms with E-state index in [0.717, 1.165) is 5.56 Å². The first-order chi connectivity index (χ1) is 10.7. The van der Waals surface area contributed by atoms with E-state index in [4.69, 9.17) is 10.8 Å². The molecule has 23 heavy (non-hydrogen) atoms. The van der Waals surface area contributed by atoms with Crippen molar-refractivity contribution in [1.29, 1.82) is 0 Å². The van der Waals surface area contributed by atoms with Crippen LogP contribution < -0.4 is 5.73 Å². The molecule has 0 amide bonds. The Kier molecular flexibility index (Phi) is 4.50. The van der Waals surface area contributed by atoms with E-state index in [9.17, 15) is 14.0 Å². The zero-order valence-electron chi connectivity index (χ0n) is 13.0. The standard InChI is InChI=1S/C18H18FNO3/c1-18(2,17(22)23)10-16(21)12-5-3-11(4-6-12)13-7-8-15(20)14(19)9-13/h3-9H,10,20H2,1-2H3,(H,22,23). The Morgan fingerprint density at radius 2 is 1.65 bits per heavy atom. The fourth-order valence-electron chi connectivity index (χ4n) is 2.13. The van der Waals surface area contributed by atoms with Crippen molar-refractivity contribution in [3.8, 4) is 11.1 Å². The highest BCUT2D eigenvalue weighted by Crippen LogP contribution is 2.26. The second-order valence-electron chi connectivity index (χ2n) is 6.10. The van der Waals surface area contributed by atoms with E-state index in [2.05, 4.69) is 0 Å². The van der Waals surface area contributed by atoms with Crippen molar-refractivity contribution in [2.24, 2.45) is 5.41 Å². The van der Waals surface area contributed by atoms with Gasteiger partial charge in [0.05, 0.1) is 11.1 Å². The molecule has 0 unspecified atom stereocenters. The van der Waals surface area contributed by atoms with Gasteiger partial charge < -0.3 is 10.8 Å². The normalized spacial score (nSPS) is 11.3. The van der Waals surface area contributed by atoms with E-state index in [0.29, 0.717) is 11.1 Å². The van der Waals surface area contributed by atoms with Gasteiger partial charge in [0.25, 0.3) is 0 Å². The lowest BCUT2D eigenvalue weighted by atomic mass is 9.85. The van der Waals surface area contributed by atoms with Gasteiger partial charge in [-0.1, -0.05) is 30.3 Å². The zero-order valence-corrected chi connectivity index (χ0v) is 13.0. The number of ketones is 1. The highest BCUT2D eigenvalue weighted by Gasteiger charge is 2.30. The summed E-state index contributed by atoms with van der Waals surface area (Å²) in [6.45, 7) is 3.03. The summed E-state index contributed by atoms with van der Waals surface area (Å²) >= 11 is 0. The van der Waals surface area contributed by atoms with Gasteiger partial charge in [0.1, 0.15) is 5.82 Å². The van der Waals surface area contributed by atoms with Gasteiger partial charge in [0, 0.05) is 12.0 Å². The Hall–Kier alpha value is -2.69. The van der Waals surface area contributed by atoms with Crippen LogP contribution >= 0.6 is 0 Å². The summed E-state index contributed by atoms with van der Waals surface area (Å²) in [7, 11) is 0. The number of rotatable bonds is 5. The number of anilines is 1. The van der Waals surface area contributed by atoms with Crippen LogP contribution in [-0.4, -0.2) is 16.9 Å². The van der Waals surface area contributed by atoms with Crippen LogP contribution in [0, 0.1) is 11.2 Å². The smallest absolute Gasteiger partial charge is 0.309 e. The molecule has 0 atom stereocenters. The van der Waals surface area contributed by atoms with Crippen LogP contribution in [0.5, 0.6) is 0 Å². The first kappa shape index (κ1) is 16.7. The van der Waals surface area contributed by atoms with Gasteiger partial charge in [-0.15, -0.1) is 0 Å². The number of hydrogen-bond acceptors (Lipinski definition) is 3. The molecule has 0 fully saturated rings. The van der Waals surface area contributed by atoms with Crippen molar-refractivity contribution in [2.45, 2.75) is 20.3 Å². The maximum absolute atomic E-state index is 13.5. The van der Waals surface area contributed by atoms with Crippen LogP contribution in [-0.2, 0) is 4.79 Å². The van der Waals surface area contributed by atoms with Crippen molar-refractivity contribution in [3.63, 3.8) is 0 Å². The van der Waals surface area contributed by atoms with E-state index < -0.39 is 17.2 Å². The van der Waals surface area contributed by atoms with Crippen molar-refractivity contribution >= 4 is 17.4 Å². The van der Waals surface area contributed by atoms with Gasteiger partial charge in [-0.3, -0.25) is 9.59 Å². The van der Waals surface area contributed by atoms with E-state index in [1.807, 2.05) is 0 Å². The Bertz CT molecular complexity index is 751. The highest BCUT2D eigenvalue weighted by atomic mass is 19.1. The average molecular weight is 315 g/mol. The lowest BCUT2D eigenvalue weighted by Crippen LogP contribution is -2.26. The summed E-state index contributed by atoms with van der Waals surface area (Å²) in [5, 5.41) is 9.08. The van der Waals surface area contributed by atoms with Crippen LogP contribution in [0.15, 0.2) is 42.5 Å². The third-order valence-corrected chi connectivity index (χ3v) is 3.72. The number of nitrogens with two attached hydrogens (primary N) is 1. The van der Waals surface area contributed by atoms with Crippen LogP contribution in [0.2, 0.25) is 0 Å². The molecule has 0 radical (unpaired) electrons. The van der Waals surface area contributed by atoms with Gasteiger partial charge in [0.2, 0.25) is 0 Å². The number of hydrogen-bond donors (Lipinski definition) is 2. The minimum absolute atomic E-state index is 0.0800. The van der Waals surface area contributed by atoms with Crippen LogP contribution in [0.1, 0.15) is 30.6 Å². The molecule has 0 aliphatic carbocycles. The number of carbonyl (C=O) groups is 2. The Balaban J connectivity index is 2.20. The minimum Gasteiger partial charge on any atom is -0.481 e. The lowest BCUT2D eigenvalue weighted by molar-refractivity contribution is -0.146. The van der Waals surface area contributed by atoms with Crippen LogP contribution in [0.25, 0.3) is 11.1 Å². The Morgan fingerprint density at radius 1 is 1.09 bits per heavy atom. The molecular formula is C18H18FNO3. The largest absolute Gasteiger partial charge is 0.481 e. The van der Waals surface area contributed by atoms with Crippen LogP contribution in [0.3, 0.4) is 0 Å². The molecule has 0 saturated carbocycles. The van der Waals surface area contributed by atoms with Crippen molar-refractivity contribution < 1.29 is 19.1 Å². The molecular weight excluding hydrogens is 297 g/mol. The minimum atomic E-state index is -1.12. The van der Waals surface area contributed by atoms with Gasteiger partial charge in [-0.05, 0) is 37.1 Å². The third-order valence-electron chi connectivity index (χ3n) is 3.72. The topological polar surface area (TPSA) is 80.4 Å². The molecule has 0 aliphatic heterocycles. The summed E-state index contributed by atoms with van der Waals surface area (Å²) in [6.07, 6.45) is -0.0851. The molecule has 0 aliphatic rings. The summed E-state index contributed by atoms with van der Waals surface area (Å²) < 4.78 is 13.5. The summed E-state index contributed by atoms with van der Waals surface area (Å²) in [6, 6.07) is 11.1. The molecule has 2 aromatic carbocycles. The van der Waals surface area contributed by atoms with Crippen molar-refractivity contribution in [1.82, 2.24) is 0 Å². The highest BCUT2D eigenvalue weighted by molar-refractivity contribution is 5.99. The molecule has 4 nitrogen and oxygen atoms in total. The number of aliphatic carboxylic acids is 1. The van der Waals surface area contributed by atoms with Crippen molar-refractivity contribution in [3.05, 3.63) is 53.8 Å². The van der Waals surface area contributed by atoms with E-state index in [1.54, 1.807) is 30.3 Å². The Morgan fingerprint density at radius 3 is 2.17 bits per heavy atom. The number of halogens is 1. The van der Waals surface area contributed by atoms with E-state index in [-0.39, 0.29) is 17.9 Å².